The summed E-state index contributed by atoms with van der Waals surface area (Å²) in [6.45, 7) is 5.19. The summed E-state index contributed by atoms with van der Waals surface area (Å²) in [4.78, 5) is 5.57. The van der Waals surface area contributed by atoms with Gasteiger partial charge in [0.2, 0.25) is 0 Å². The number of aliphatic imine (C=N–C) groups is 1. The van der Waals surface area contributed by atoms with Gasteiger partial charge in [-0.2, -0.15) is 0 Å². The van der Waals surface area contributed by atoms with E-state index in [9.17, 15) is 0 Å². The largest absolute Gasteiger partial charge is 0.292 e. The van der Waals surface area contributed by atoms with Gasteiger partial charge in [-0.1, -0.05) is 6.92 Å². The van der Waals surface area contributed by atoms with Crippen LogP contribution in [0.4, 0.5) is 0 Å². The lowest BCUT2D eigenvalue weighted by Gasteiger charge is -1.88. The second-order valence-corrected chi connectivity index (χ2v) is 3.45. The van der Waals surface area contributed by atoms with Crippen molar-refractivity contribution in [1.29, 1.82) is 0 Å². The smallest absolute Gasteiger partial charge is 0.0477 e. The molecule has 0 bridgehead atoms. The van der Waals surface area contributed by atoms with Gasteiger partial charge in [-0.3, -0.25) is 4.99 Å². The van der Waals surface area contributed by atoms with Gasteiger partial charge in [-0.05, 0) is 30.4 Å². The van der Waals surface area contributed by atoms with Crippen LogP contribution in [0.1, 0.15) is 23.8 Å². The molecule has 1 rings (SSSR count). The highest BCUT2D eigenvalue weighted by Crippen LogP contribution is 2.12. The average Bonchev–Trinajstić information content (AvgIpc) is 2.37. The first kappa shape index (κ1) is 8.47. The zero-order valence-corrected chi connectivity index (χ0v) is 7.82. The van der Waals surface area contributed by atoms with E-state index in [0.717, 1.165) is 13.0 Å². The Morgan fingerprint density at radius 3 is 3.00 bits per heavy atom. The third kappa shape index (κ3) is 2.46. The molecule has 2 heteroatoms. The molecular weight excluding hydrogens is 154 g/mol. The zero-order chi connectivity index (χ0) is 8.10. The molecule has 1 aromatic rings. The van der Waals surface area contributed by atoms with Crippen LogP contribution in [0.15, 0.2) is 16.4 Å². The maximum Gasteiger partial charge on any atom is 0.0477 e. The molecule has 0 amide bonds. The fraction of sp³-hybridized carbons (Fsp3) is 0.444. The molecule has 0 aliphatic rings. The Hall–Kier alpha value is -0.630. The number of nitrogens with zero attached hydrogens (tertiary/aromatic N) is 1. The Kier molecular flexibility index (Phi) is 3.30. The summed E-state index contributed by atoms with van der Waals surface area (Å²) in [5, 5.41) is 2.10. The molecule has 0 radical (unpaired) electrons. The minimum atomic E-state index is 0.942. The van der Waals surface area contributed by atoms with Crippen LogP contribution in [0.2, 0.25) is 0 Å². The number of rotatable bonds is 3. The van der Waals surface area contributed by atoms with Crippen molar-refractivity contribution in [3.63, 3.8) is 0 Å². The van der Waals surface area contributed by atoms with E-state index >= 15 is 0 Å². The van der Waals surface area contributed by atoms with Gasteiger partial charge in [-0.15, -0.1) is 11.3 Å². The summed E-state index contributed by atoms with van der Waals surface area (Å²) in [5.41, 5.74) is 1.33. The van der Waals surface area contributed by atoms with E-state index in [1.54, 1.807) is 11.3 Å². The number of hydrogen-bond donors (Lipinski definition) is 0. The summed E-state index contributed by atoms with van der Waals surface area (Å²) in [6.07, 6.45) is 3.10. The van der Waals surface area contributed by atoms with Crippen LogP contribution < -0.4 is 0 Å². The normalized spacial score (nSPS) is 11.1. The van der Waals surface area contributed by atoms with Crippen LogP contribution in [-0.4, -0.2) is 12.8 Å². The lowest BCUT2D eigenvalue weighted by Crippen LogP contribution is -1.80. The quantitative estimate of drug-likeness (QED) is 0.614. The monoisotopic (exact) mass is 167 g/mol. The highest BCUT2D eigenvalue weighted by molar-refractivity contribution is 7.11. The first-order valence-electron chi connectivity index (χ1n) is 3.88. The summed E-state index contributed by atoms with van der Waals surface area (Å²) >= 11 is 1.75. The molecule has 0 saturated carbocycles. The van der Waals surface area contributed by atoms with Crippen LogP contribution in [0.3, 0.4) is 0 Å². The van der Waals surface area contributed by atoms with E-state index in [4.69, 9.17) is 0 Å². The summed E-state index contributed by atoms with van der Waals surface area (Å²) < 4.78 is 0. The molecule has 0 aliphatic carbocycles. The van der Waals surface area contributed by atoms with E-state index in [0.29, 0.717) is 0 Å². The molecule has 0 fully saturated rings. The predicted molar refractivity (Wildman–Crippen MR) is 51.8 cm³/mol. The fourth-order valence-corrected chi connectivity index (χ4v) is 1.60. The van der Waals surface area contributed by atoms with E-state index in [1.165, 1.54) is 10.4 Å². The van der Waals surface area contributed by atoms with Crippen LogP contribution in [0.25, 0.3) is 0 Å². The zero-order valence-electron chi connectivity index (χ0n) is 7.00. The summed E-state index contributed by atoms with van der Waals surface area (Å²) in [5.74, 6) is 0. The Morgan fingerprint density at radius 1 is 1.64 bits per heavy atom. The second-order valence-electron chi connectivity index (χ2n) is 2.50. The van der Waals surface area contributed by atoms with Gasteiger partial charge in [0.25, 0.3) is 0 Å². The van der Waals surface area contributed by atoms with Crippen molar-refractivity contribution in [2.75, 3.05) is 6.54 Å². The van der Waals surface area contributed by atoms with Crippen molar-refractivity contribution in [1.82, 2.24) is 0 Å². The molecule has 1 nitrogen and oxygen atoms in total. The van der Waals surface area contributed by atoms with Gasteiger partial charge in [0.1, 0.15) is 0 Å². The first-order valence-corrected chi connectivity index (χ1v) is 4.76. The van der Waals surface area contributed by atoms with Gasteiger partial charge >= 0.3 is 0 Å². The standard InChI is InChI=1S/C9H13NS/c1-3-5-10-7-9-8(2)4-6-11-9/h4,6-7H,3,5H2,1-2H3. The molecular formula is C9H13NS. The SMILES string of the molecule is CCCN=Cc1sccc1C. The molecule has 60 valence electrons. The number of aryl methyl sites for hydroxylation is 1. The van der Waals surface area contributed by atoms with E-state index in [1.807, 2.05) is 6.21 Å². The Morgan fingerprint density at radius 2 is 2.45 bits per heavy atom. The first-order chi connectivity index (χ1) is 5.34. The molecule has 0 saturated heterocycles. The van der Waals surface area contributed by atoms with Gasteiger partial charge in [0.15, 0.2) is 0 Å². The Labute approximate surface area is 71.8 Å². The van der Waals surface area contributed by atoms with Gasteiger partial charge in [-0.25, -0.2) is 0 Å². The third-order valence-electron chi connectivity index (χ3n) is 1.46. The van der Waals surface area contributed by atoms with Gasteiger partial charge in [0.05, 0.1) is 0 Å². The van der Waals surface area contributed by atoms with Crippen molar-refractivity contribution in [3.8, 4) is 0 Å². The summed E-state index contributed by atoms with van der Waals surface area (Å²) in [7, 11) is 0. The molecule has 0 aromatic carbocycles. The molecule has 1 aromatic heterocycles. The molecule has 1 heterocycles. The molecule has 0 spiro atoms. The lowest BCUT2D eigenvalue weighted by molar-refractivity contribution is 0.937. The second kappa shape index (κ2) is 4.29. The van der Waals surface area contributed by atoms with Crippen LogP contribution in [0, 0.1) is 6.92 Å². The van der Waals surface area contributed by atoms with Crippen LogP contribution in [-0.2, 0) is 0 Å². The molecule has 0 atom stereocenters. The lowest BCUT2D eigenvalue weighted by atomic mass is 10.3. The molecule has 11 heavy (non-hydrogen) atoms. The minimum Gasteiger partial charge on any atom is -0.292 e. The van der Waals surface area contributed by atoms with Crippen LogP contribution >= 0.6 is 11.3 Å². The average molecular weight is 167 g/mol. The fourth-order valence-electron chi connectivity index (χ4n) is 0.793. The van der Waals surface area contributed by atoms with Crippen LogP contribution in [0.5, 0.6) is 0 Å². The third-order valence-corrected chi connectivity index (χ3v) is 2.42. The van der Waals surface area contributed by atoms with Crippen molar-refractivity contribution in [3.05, 3.63) is 21.9 Å². The number of hydrogen-bond acceptors (Lipinski definition) is 2. The van der Waals surface area contributed by atoms with Crippen molar-refractivity contribution >= 4 is 17.6 Å². The highest BCUT2D eigenvalue weighted by atomic mass is 32.1. The summed E-state index contributed by atoms with van der Waals surface area (Å²) in [6, 6.07) is 2.12. The van der Waals surface area contributed by atoms with Gasteiger partial charge in [0, 0.05) is 17.6 Å². The highest BCUT2D eigenvalue weighted by Gasteiger charge is 1.93. The topological polar surface area (TPSA) is 12.4 Å². The van der Waals surface area contributed by atoms with Gasteiger partial charge < -0.3 is 0 Å². The molecule has 0 N–H and O–H groups in total. The Bertz CT molecular complexity index is 237. The van der Waals surface area contributed by atoms with Crippen molar-refractivity contribution < 1.29 is 0 Å². The maximum absolute atomic E-state index is 4.28. The van der Waals surface area contributed by atoms with Crippen molar-refractivity contribution in [2.24, 2.45) is 4.99 Å². The van der Waals surface area contributed by atoms with E-state index in [2.05, 4.69) is 30.3 Å². The van der Waals surface area contributed by atoms with E-state index < -0.39 is 0 Å². The molecule has 0 aliphatic heterocycles. The minimum absolute atomic E-state index is 0.942. The van der Waals surface area contributed by atoms with Crippen molar-refractivity contribution in [2.45, 2.75) is 20.3 Å². The number of thiophene rings is 1. The Balaban J connectivity index is 2.56. The van der Waals surface area contributed by atoms with E-state index in [-0.39, 0.29) is 0 Å². The maximum atomic E-state index is 4.28. The predicted octanol–water partition coefficient (Wildman–Crippen LogP) is 2.89. The molecule has 0 unspecified atom stereocenters.